The van der Waals surface area contributed by atoms with Gasteiger partial charge in [0.15, 0.2) is 0 Å². The van der Waals surface area contributed by atoms with Gasteiger partial charge in [-0.2, -0.15) is 0 Å². The van der Waals surface area contributed by atoms with Gasteiger partial charge in [-0.15, -0.1) is 0 Å². The van der Waals surface area contributed by atoms with Crippen molar-refractivity contribution in [3.63, 3.8) is 0 Å². The molecule has 1 N–H and O–H groups in total. The van der Waals surface area contributed by atoms with Crippen LogP contribution in [0.2, 0.25) is 0 Å². The van der Waals surface area contributed by atoms with Gasteiger partial charge >= 0.3 is 0 Å². The summed E-state index contributed by atoms with van der Waals surface area (Å²) in [6, 6.07) is 0. The Morgan fingerprint density at radius 1 is 1.43 bits per heavy atom. The molecule has 0 aliphatic heterocycles. The molecule has 0 radical (unpaired) electrons. The molecule has 0 spiro atoms. The highest BCUT2D eigenvalue weighted by molar-refractivity contribution is 5.68. The van der Waals surface area contributed by atoms with Crippen LogP contribution in [0.5, 0.6) is 0 Å². The maximum atomic E-state index is 10.9. The molecule has 0 heterocycles. The van der Waals surface area contributed by atoms with Gasteiger partial charge in [0.05, 0.1) is 0 Å². The normalized spacial score (nSPS) is 44.2. The first kappa shape index (κ1) is 10.0. The maximum absolute atomic E-state index is 10.9. The highest BCUT2D eigenvalue weighted by Crippen LogP contribution is 2.68. The standard InChI is InChI=1S/C12H21NO/c1-11(2)8-4-5-12(11,3)9(6-8)7-10(13)14/h8-9H,4-7H2,1-3H3,(H2,13,14)/p-1. The average Bonchev–Trinajstić information content (AvgIpc) is 2.35. The van der Waals surface area contributed by atoms with E-state index in [9.17, 15) is 5.11 Å². The number of hydrogen-bond donors (Lipinski definition) is 1. The lowest BCUT2D eigenvalue weighted by atomic mass is 9.66. The maximum Gasteiger partial charge on any atom is -0.0220 e. The van der Waals surface area contributed by atoms with Gasteiger partial charge in [0, 0.05) is 0 Å². The first-order valence-electron chi connectivity index (χ1n) is 5.62. The van der Waals surface area contributed by atoms with Crippen molar-refractivity contribution in [1.29, 1.82) is 5.41 Å². The molecule has 2 bridgehead atoms. The number of rotatable bonds is 2. The van der Waals surface area contributed by atoms with Crippen molar-refractivity contribution < 1.29 is 5.11 Å². The van der Waals surface area contributed by atoms with Crippen molar-refractivity contribution >= 4 is 5.90 Å². The Balaban J connectivity index is 2.23. The SMILES string of the molecule is CC1(C)C2CCC1(C)C(CC(=N)[O-])C2. The van der Waals surface area contributed by atoms with E-state index >= 15 is 0 Å². The van der Waals surface area contributed by atoms with Gasteiger partial charge in [0.1, 0.15) is 0 Å². The van der Waals surface area contributed by atoms with Crippen LogP contribution >= 0.6 is 0 Å². The predicted molar refractivity (Wildman–Crippen MR) is 55.1 cm³/mol. The molecule has 0 aromatic carbocycles. The largest absolute Gasteiger partial charge is 0.862 e. The van der Waals surface area contributed by atoms with Crippen LogP contribution in [0.3, 0.4) is 0 Å². The third kappa shape index (κ3) is 1.06. The van der Waals surface area contributed by atoms with Crippen molar-refractivity contribution in [2.75, 3.05) is 0 Å². The van der Waals surface area contributed by atoms with Crippen molar-refractivity contribution in [1.82, 2.24) is 0 Å². The van der Waals surface area contributed by atoms with Gasteiger partial charge in [0.2, 0.25) is 0 Å². The Bertz CT molecular complexity index is 271. The Morgan fingerprint density at radius 2 is 2.07 bits per heavy atom. The lowest BCUT2D eigenvalue weighted by Crippen LogP contribution is -2.34. The molecule has 80 valence electrons. The third-order valence-corrected chi connectivity index (χ3v) is 5.41. The van der Waals surface area contributed by atoms with E-state index in [1.165, 1.54) is 19.3 Å². The van der Waals surface area contributed by atoms with Gasteiger partial charge in [-0.05, 0) is 54.2 Å². The molecular formula is C12H20NO-. The van der Waals surface area contributed by atoms with E-state index in [1.54, 1.807) is 0 Å². The summed E-state index contributed by atoms with van der Waals surface area (Å²) in [4.78, 5) is 0. The zero-order valence-corrected chi connectivity index (χ0v) is 9.39. The topological polar surface area (TPSA) is 46.9 Å². The van der Waals surface area contributed by atoms with Crippen LogP contribution in [0.1, 0.15) is 46.5 Å². The van der Waals surface area contributed by atoms with Crippen LogP contribution in [-0.2, 0) is 0 Å². The quantitative estimate of drug-likeness (QED) is 0.531. The van der Waals surface area contributed by atoms with Crippen molar-refractivity contribution in [3.8, 4) is 0 Å². The summed E-state index contributed by atoms with van der Waals surface area (Å²) >= 11 is 0. The highest BCUT2D eigenvalue weighted by atomic mass is 16.3. The molecule has 2 fully saturated rings. The average molecular weight is 194 g/mol. The fourth-order valence-corrected chi connectivity index (χ4v) is 3.90. The van der Waals surface area contributed by atoms with E-state index in [0.29, 0.717) is 23.2 Å². The summed E-state index contributed by atoms with van der Waals surface area (Å²) in [6.45, 7) is 7.02. The minimum Gasteiger partial charge on any atom is -0.862 e. The predicted octanol–water partition coefficient (Wildman–Crippen LogP) is 2.18. The first-order chi connectivity index (χ1) is 6.38. The molecule has 2 nitrogen and oxygen atoms in total. The number of hydrogen-bond acceptors (Lipinski definition) is 2. The lowest BCUT2D eigenvalue weighted by Gasteiger charge is -2.40. The first-order valence-corrected chi connectivity index (χ1v) is 5.62. The molecule has 0 amide bonds. The third-order valence-electron chi connectivity index (χ3n) is 5.41. The highest BCUT2D eigenvalue weighted by Gasteiger charge is 2.60. The van der Waals surface area contributed by atoms with Crippen LogP contribution in [-0.4, -0.2) is 5.90 Å². The molecule has 2 rings (SSSR count). The smallest absolute Gasteiger partial charge is 0.0220 e. The summed E-state index contributed by atoms with van der Waals surface area (Å²) in [5, 5.41) is 18.0. The second kappa shape index (κ2) is 2.74. The molecule has 0 aromatic heterocycles. The molecule has 3 unspecified atom stereocenters. The molecule has 3 atom stereocenters. The summed E-state index contributed by atoms with van der Waals surface area (Å²) in [7, 11) is 0. The van der Waals surface area contributed by atoms with E-state index in [1.807, 2.05) is 0 Å². The van der Waals surface area contributed by atoms with Gasteiger partial charge in [-0.25, -0.2) is 0 Å². The van der Waals surface area contributed by atoms with Gasteiger partial charge in [-0.3, -0.25) is 0 Å². The van der Waals surface area contributed by atoms with Crippen molar-refractivity contribution in [2.45, 2.75) is 46.5 Å². The molecule has 14 heavy (non-hydrogen) atoms. The molecule has 2 aliphatic rings. The van der Waals surface area contributed by atoms with Crippen LogP contribution < -0.4 is 5.11 Å². The lowest BCUT2D eigenvalue weighted by molar-refractivity contribution is -0.222. The van der Waals surface area contributed by atoms with E-state index in [-0.39, 0.29) is 5.90 Å². The van der Waals surface area contributed by atoms with Gasteiger partial charge in [-0.1, -0.05) is 20.8 Å². The monoisotopic (exact) mass is 194 g/mol. The number of fused-ring (bicyclic) bond motifs is 2. The molecule has 0 aromatic rings. The molecule has 2 saturated carbocycles. The van der Waals surface area contributed by atoms with Crippen molar-refractivity contribution in [2.24, 2.45) is 22.7 Å². The second-order valence-electron chi connectivity index (χ2n) is 5.93. The Hall–Kier alpha value is -0.530. The van der Waals surface area contributed by atoms with Crippen molar-refractivity contribution in [3.05, 3.63) is 0 Å². The van der Waals surface area contributed by atoms with Crippen LogP contribution in [0, 0.1) is 28.1 Å². The number of nitrogens with one attached hydrogen (secondary N) is 1. The zero-order chi connectivity index (χ0) is 10.6. The molecule has 0 saturated heterocycles. The Morgan fingerprint density at radius 3 is 2.43 bits per heavy atom. The summed E-state index contributed by atoms with van der Waals surface area (Å²) < 4.78 is 0. The van der Waals surface area contributed by atoms with E-state index in [0.717, 1.165) is 5.92 Å². The van der Waals surface area contributed by atoms with Crippen LogP contribution in [0.15, 0.2) is 0 Å². The second-order valence-corrected chi connectivity index (χ2v) is 5.93. The zero-order valence-electron chi connectivity index (χ0n) is 9.39. The van der Waals surface area contributed by atoms with E-state index in [4.69, 9.17) is 5.41 Å². The fraction of sp³-hybridized carbons (Fsp3) is 0.917. The van der Waals surface area contributed by atoms with Gasteiger partial charge in [0.25, 0.3) is 0 Å². The van der Waals surface area contributed by atoms with E-state index < -0.39 is 0 Å². The molecule has 2 heteroatoms. The van der Waals surface area contributed by atoms with Gasteiger partial charge < -0.3 is 10.5 Å². The Labute approximate surface area is 86.2 Å². The minimum atomic E-state index is -0.375. The summed E-state index contributed by atoms with van der Waals surface area (Å²) in [5.74, 6) is 0.887. The van der Waals surface area contributed by atoms with Crippen LogP contribution in [0.25, 0.3) is 0 Å². The molecule has 2 aliphatic carbocycles. The Kier molecular flexibility index (Phi) is 1.96. The summed E-state index contributed by atoms with van der Waals surface area (Å²) in [6.07, 6.45) is 4.24. The summed E-state index contributed by atoms with van der Waals surface area (Å²) in [5.41, 5.74) is 0.696. The minimum absolute atomic E-state index is 0.314. The fourth-order valence-electron chi connectivity index (χ4n) is 3.90. The molecular weight excluding hydrogens is 174 g/mol. The van der Waals surface area contributed by atoms with E-state index in [2.05, 4.69) is 20.8 Å². The van der Waals surface area contributed by atoms with Crippen LogP contribution in [0.4, 0.5) is 0 Å².